The molecule has 0 amide bonds. The first-order valence-electron chi connectivity index (χ1n) is 8.83. The van der Waals surface area contributed by atoms with E-state index in [1.807, 2.05) is 36.1 Å². The predicted octanol–water partition coefficient (Wildman–Crippen LogP) is 2.58. The van der Waals surface area contributed by atoms with Crippen LogP contribution in [0.25, 0.3) is 5.69 Å². The first-order valence-corrected chi connectivity index (χ1v) is 8.83. The van der Waals surface area contributed by atoms with Crippen molar-refractivity contribution in [3.63, 3.8) is 0 Å². The second-order valence-electron chi connectivity index (χ2n) is 6.41. The molecule has 26 heavy (non-hydrogen) atoms. The number of hydrogen-bond donors (Lipinski definition) is 1. The normalized spacial score (nSPS) is 17.2. The highest BCUT2D eigenvalue weighted by Gasteiger charge is 2.24. The second-order valence-corrected chi connectivity index (χ2v) is 6.41. The SMILES string of the molecule is CN=C(NCCc1cnn(-c2ccccc2)c1)N1CCC(COC)C1.I. The third kappa shape index (κ3) is 5.44. The molecule has 0 bridgehead atoms. The second kappa shape index (κ2) is 10.5. The van der Waals surface area contributed by atoms with Crippen LogP contribution < -0.4 is 5.32 Å². The Morgan fingerprint density at radius 1 is 1.35 bits per heavy atom. The molecule has 1 saturated heterocycles. The molecular weight excluding hydrogens is 441 g/mol. The maximum absolute atomic E-state index is 5.27. The lowest BCUT2D eigenvalue weighted by Crippen LogP contribution is -2.41. The Balaban J connectivity index is 0.00000243. The third-order valence-electron chi connectivity index (χ3n) is 4.55. The fourth-order valence-corrected chi connectivity index (χ4v) is 3.26. The zero-order valence-electron chi connectivity index (χ0n) is 15.5. The molecule has 7 heteroatoms. The van der Waals surface area contributed by atoms with Crippen molar-refractivity contribution >= 4 is 29.9 Å². The van der Waals surface area contributed by atoms with E-state index in [0.29, 0.717) is 5.92 Å². The Morgan fingerprint density at radius 3 is 2.88 bits per heavy atom. The molecule has 1 N–H and O–H groups in total. The first-order chi connectivity index (χ1) is 12.3. The smallest absolute Gasteiger partial charge is 0.193 e. The van der Waals surface area contributed by atoms with Crippen molar-refractivity contribution in [2.24, 2.45) is 10.9 Å². The van der Waals surface area contributed by atoms with Gasteiger partial charge in [0.1, 0.15) is 0 Å². The van der Waals surface area contributed by atoms with Gasteiger partial charge in [0, 0.05) is 45.9 Å². The van der Waals surface area contributed by atoms with Gasteiger partial charge in [-0.25, -0.2) is 4.68 Å². The van der Waals surface area contributed by atoms with Gasteiger partial charge in [-0.15, -0.1) is 24.0 Å². The van der Waals surface area contributed by atoms with E-state index in [0.717, 1.165) is 44.3 Å². The number of benzene rings is 1. The molecule has 142 valence electrons. The molecule has 1 fully saturated rings. The molecule has 0 saturated carbocycles. The largest absolute Gasteiger partial charge is 0.384 e. The van der Waals surface area contributed by atoms with Crippen LogP contribution in [0, 0.1) is 5.92 Å². The molecule has 3 rings (SSSR count). The van der Waals surface area contributed by atoms with E-state index in [4.69, 9.17) is 4.74 Å². The quantitative estimate of drug-likeness (QED) is 0.402. The number of ether oxygens (including phenoxy) is 1. The summed E-state index contributed by atoms with van der Waals surface area (Å²) in [6.45, 7) is 3.73. The fraction of sp³-hybridized carbons (Fsp3) is 0.474. The van der Waals surface area contributed by atoms with Gasteiger partial charge in [-0.1, -0.05) is 18.2 Å². The fourth-order valence-electron chi connectivity index (χ4n) is 3.26. The van der Waals surface area contributed by atoms with Crippen molar-refractivity contribution in [1.82, 2.24) is 20.0 Å². The van der Waals surface area contributed by atoms with Gasteiger partial charge in [-0.2, -0.15) is 5.10 Å². The number of para-hydroxylation sites is 1. The maximum Gasteiger partial charge on any atom is 0.193 e. The van der Waals surface area contributed by atoms with E-state index < -0.39 is 0 Å². The molecule has 1 aliphatic rings. The maximum atomic E-state index is 5.27. The number of nitrogens with zero attached hydrogens (tertiary/aromatic N) is 4. The average molecular weight is 469 g/mol. The summed E-state index contributed by atoms with van der Waals surface area (Å²) in [6.07, 6.45) is 6.10. The number of hydrogen-bond acceptors (Lipinski definition) is 3. The number of nitrogens with one attached hydrogen (secondary N) is 1. The minimum Gasteiger partial charge on any atom is -0.384 e. The Hall–Kier alpha value is -1.61. The van der Waals surface area contributed by atoms with Crippen molar-refractivity contribution < 1.29 is 4.74 Å². The number of guanidine groups is 1. The van der Waals surface area contributed by atoms with Crippen LogP contribution in [0.5, 0.6) is 0 Å². The minimum atomic E-state index is 0. The Kier molecular flexibility index (Phi) is 8.37. The highest BCUT2D eigenvalue weighted by atomic mass is 127. The summed E-state index contributed by atoms with van der Waals surface area (Å²) in [7, 11) is 3.62. The zero-order chi connectivity index (χ0) is 17.5. The summed E-state index contributed by atoms with van der Waals surface area (Å²) in [5.74, 6) is 1.58. The molecule has 0 spiro atoms. The number of aliphatic imine (C=N–C) groups is 1. The van der Waals surface area contributed by atoms with Gasteiger partial charge in [0.05, 0.1) is 18.5 Å². The monoisotopic (exact) mass is 469 g/mol. The Morgan fingerprint density at radius 2 is 2.15 bits per heavy atom. The molecule has 0 aliphatic carbocycles. The van der Waals surface area contributed by atoms with Crippen LogP contribution >= 0.6 is 24.0 Å². The Bertz CT molecular complexity index is 688. The molecule has 2 aromatic rings. The van der Waals surface area contributed by atoms with Crippen LogP contribution in [-0.2, 0) is 11.2 Å². The summed E-state index contributed by atoms with van der Waals surface area (Å²) in [4.78, 5) is 6.73. The molecule has 2 heterocycles. The van der Waals surface area contributed by atoms with Crippen molar-refractivity contribution in [2.75, 3.05) is 40.4 Å². The van der Waals surface area contributed by atoms with E-state index in [9.17, 15) is 0 Å². The van der Waals surface area contributed by atoms with E-state index in [2.05, 4.69) is 38.6 Å². The summed E-state index contributed by atoms with van der Waals surface area (Å²) in [5, 5.41) is 7.92. The minimum absolute atomic E-state index is 0. The highest BCUT2D eigenvalue weighted by Crippen LogP contribution is 2.16. The van der Waals surface area contributed by atoms with Gasteiger partial charge in [-0.05, 0) is 30.5 Å². The van der Waals surface area contributed by atoms with Crippen LogP contribution in [0.2, 0.25) is 0 Å². The van der Waals surface area contributed by atoms with Crippen LogP contribution in [0.15, 0.2) is 47.7 Å². The first kappa shape index (κ1) is 20.7. The number of halogens is 1. The summed E-state index contributed by atoms with van der Waals surface area (Å²) in [5.41, 5.74) is 2.30. The molecule has 1 unspecified atom stereocenters. The van der Waals surface area contributed by atoms with E-state index in [1.165, 1.54) is 12.0 Å². The van der Waals surface area contributed by atoms with E-state index >= 15 is 0 Å². The van der Waals surface area contributed by atoms with Gasteiger partial charge in [0.25, 0.3) is 0 Å². The molecule has 1 aromatic heterocycles. The van der Waals surface area contributed by atoms with E-state index in [-0.39, 0.29) is 24.0 Å². The van der Waals surface area contributed by atoms with Crippen molar-refractivity contribution in [2.45, 2.75) is 12.8 Å². The third-order valence-corrected chi connectivity index (χ3v) is 4.55. The molecule has 1 atom stereocenters. The summed E-state index contributed by atoms with van der Waals surface area (Å²) < 4.78 is 7.19. The lowest BCUT2D eigenvalue weighted by atomic mass is 10.1. The van der Waals surface area contributed by atoms with Gasteiger partial charge < -0.3 is 15.0 Å². The van der Waals surface area contributed by atoms with Crippen molar-refractivity contribution in [3.8, 4) is 5.69 Å². The van der Waals surface area contributed by atoms with Gasteiger partial charge in [-0.3, -0.25) is 4.99 Å². The van der Waals surface area contributed by atoms with E-state index in [1.54, 1.807) is 7.11 Å². The van der Waals surface area contributed by atoms with Crippen molar-refractivity contribution in [3.05, 3.63) is 48.3 Å². The number of methoxy groups -OCH3 is 1. The standard InChI is InChI=1S/C19H27N5O.HI/c1-20-19(23-11-9-17(13-23)15-25-2)21-10-8-16-12-22-24(14-16)18-6-4-3-5-7-18;/h3-7,12,14,17H,8-11,13,15H2,1-2H3,(H,20,21);1H. The van der Waals surface area contributed by atoms with Crippen LogP contribution in [0.1, 0.15) is 12.0 Å². The van der Waals surface area contributed by atoms with Gasteiger partial charge >= 0.3 is 0 Å². The molecule has 1 aliphatic heterocycles. The van der Waals surface area contributed by atoms with Gasteiger partial charge in [0.2, 0.25) is 0 Å². The van der Waals surface area contributed by atoms with Crippen molar-refractivity contribution in [1.29, 1.82) is 0 Å². The van der Waals surface area contributed by atoms with Crippen LogP contribution in [0.4, 0.5) is 0 Å². The van der Waals surface area contributed by atoms with Crippen LogP contribution in [0.3, 0.4) is 0 Å². The lowest BCUT2D eigenvalue weighted by molar-refractivity contribution is 0.157. The molecule has 0 radical (unpaired) electrons. The number of likely N-dealkylation sites (tertiary alicyclic amines) is 1. The van der Waals surface area contributed by atoms with Gasteiger partial charge in [0.15, 0.2) is 5.96 Å². The average Bonchev–Trinajstić information content (AvgIpc) is 3.30. The zero-order valence-corrected chi connectivity index (χ0v) is 17.8. The topological polar surface area (TPSA) is 54.7 Å². The Labute approximate surface area is 172 Å². The molecule has 1 aromatic carbocycles. The molecular formula is C19H28IN5O. The highest BCUT2D eigenvalue weighted by molar-refractivity contribution is 14.0. The summed E-state index contributed by atoms with van der Waals surface area (Å²) >= 11 is 0. The molecule has 6 nitrogen and oxygen atoms in total. The summed E-state index contributed by atoms with van der Waals surface area (Å²) in [6, 6.07) is 10.2. The number of aromatic nitrogens is 2. The predicted molar refractivity (Wildman–Crippen MR) is 116 cm³/mol. The number of rotatable bonds is 6. The van der Waals surface area contributed by atoms with Crippen LogP contribution in [-0.4, -0.2) is 61.0 Å². The lowest BCUT2D eigenvalue weighted by Gasteiger charge is -2.21.